The van der Waals surface area contributed by atoms with E-state index < -0.39 is 0 Å². The summed E-state index contributed by atoms with van der Waals surface area (Å²) in [5.74, 6) is 0.875. The highest BCUT2D eigenvalue weighted by atomic mass is 32.1. The van der Waals surface area contributed by atoms with Crippen molar-refractivity contribution >= 4 is 12.6 Å². The van der Waals surface area contributed by atoms with E-state index in [1.807, 2.05) is 30.3 Å². The fourth-order valence-electron chi connectivity index (χ4n) is 0.994. The van der Waals surface area contributed by atoms with Crippen molar-refractivity contribution in [2.75, 3.05) is 12.4 Å². The Kier molecular flexibility index (Phi) is 3.46. The van der Waals surface area contributed by atoms with Gasteiger partial charge in [0.2, 0.25) is 0 Å². The quantitative estimate of drug-likeness (QED) is 0.658. The Morgan fingerprint density at radius 2 is 1.91 bits per heavy atom. The highest BCUT2D eigenvalue weighted by molar-refractivity contribution is 7.80. The molecule has 1 aromatic rings. The molecule has 1 unspecified atom stereocenters. The van der Waals surface area contributed by atoms with Crippen LogP contribution in [0.5, 0.6) is 0 Å². The van der Waals surface area contributed by atoms with Gasteiger partial charge in [-0.25, -0.2) is 0 Å². The highest BCUT2D eigenvalue weighted by Gasteiger charge is 2.05. The molecular weight excluding hydrogens is 156 g/mol. The first-order chi connectivity index (χ1) is 5.38. The average Bonchev–Trinajstić information content (AvgIpc) is 2.09. The molecule has 0 spiro atoms. The largest absolute Gasteiger partial charge is 0.396 e. The maximum Gasteiger partial charge on any atom is 0.0507 e. The molecule has 0 aromatic heterocycles. The molecule has 60 valence electrons. The first-order valence-corrected chi connectivity index (χ1v) is 4.28. The molecule has 1 rings (SSSR count). The summed E-state index contributed by atoms with van der Waals surface area (Å²) in [6, 6.07) is 9.94. The van der Waals surface area contributed by atoms with E-state index in [0.717, 1.165) is 5.56 Å². The van der Waals surface area contributed by atoms with Gasteiger partial charge in [0.1, 0.15) is 0 Å². The summed E-state index contributed by atoms with van der Waals surface area (Å²) in [7, 11) is 0. The van der Waals surface area contributed by atoms with Crippen molar-refractivity contribution in [2.45, 2.75) is 5.92 Å². The molecule has 0 heterocycles. The standard InChI is InChI=1S/C9H12OS/c10-6-9(7-11)8-4-2-1-3-5-8/h1-5,9-11H,6-7H2. The van der Waals surface area contributed by atoms with Crippen molar-refractivity contribution in [3.63, 3.8) is 0 Å². The summed E-state index contributed by atoms with van der Waals surface area (Å²) < 4.78 is 0. The van der Waals surface area contributed by atoms with Gasteiger partial charge < -0.3 is 5.11 Å². The van der Waals surface area contributed by atoms with Gasteiger partial charge in [0, 0.05) is 5.92 Å². The molecule has 0 aliphatic heterocycles. The van der Waals surface area contributed by atoms with Crippen LogP contribution < -0.4 is 0 Å². The first-order valence-electron chi connectivity index (χ1n) is 3.65. The lowest BCUT2D eigenvalue weighted by Gasteiger charge is -2.10. The van der Waals surface area contributed by atoms with Gasteiger partial charge in [0.05, 0.1) is 6.61 Å². The molecular formula is C9H12OS. The van der Waals surface area contributed by atoms with Crippen LogP contribution in [0, 0.1) is 0 Å². The van der Waals surface area contributed by atoms with Crippen LogP contribution >= 0.6 is 12.6 Å². The molecule has 1 nitrogen and oxygen atoms in total. The average molecular weight is 168 g/mol. The van der Waals surface area contributed by atoms with Gasteiger partial charge in [-0.2, -0.15) is 12.6 Å². The molecule has 1 atom stereocenters. The number of benzene rings is 1. The minimum Gasteiger partial charge on any atom is -0.396 e. The van der Waals surface area contributed by atoms with E-state index in [9.17, 15) is 0 Å². The molecule has 2 heteroatoms. The lowest BCUT2D eigenvalue weighted by atomic mass is 10.0. The van der Waals surface area contributed by atoms with Crippen LogP contribution in [-0.4, -0.2) is 17.5 Å². The lowest BCUT2D eigenvalue weighted by Crippen LogP contribution is -2.04. The van der Waals surface area contributed by atoms with E-state index in [1.54, 1.807) is 0 Å². The fourth-order valence-corrected chi connectivity index (χ4v) is 1.32. The van der Waals surface area contributed by atoms with Crippen molar-refractivity contribution < 1.29 is 5.11 Å². The van der Waals surface area contributed by atoms with Crippen molar-refractivity contribution in [2.24, 2.45) is 0 Å². The van der Waals surface area contributed by atoms with Gasteiger partial charge in [-0.3, -0.25) is 0 Å². The van der Waals surface area contributed by atoms with Crippen LogP contribution in [0.2, 0.25) is 0 Å². The van der Waals surface area contributed by atoms with Crippen LogP contribution in [0.15, 0.2) is 30.3 Å². The summed E-state index contributed by atoms with van der Waals surface area (Å²) in [4.78, 5) is 0. The normalized spacial score (nSPS) is 12.9. The number of aliphatic hydroxyl groups is 1. The predicted octanol–water partition coefficient (Wildman–Crippen LogP) is 1.69. The second-order valence-electron chi connectivity index (χ2n) is 2.47. The number of hydrogen-bond acceptors (Lipinski definition) is 2. The zero-order valence-corrected chi connectivity index (χ0v) is 7.17. The molecule has 0 aliphatic rings. The minimum atomic E-state index is 0.174. The second-order valence-corrected chi connectivity index (χ2v) is 2.84. The van der Waals surface area contributed by atoms with Crippen LogP contribution in [0.3, 0.4) is 0 Å². The molecule has 0 saturated heterocycles. The summed E-state index contributed by atoms with van der Waals surface area (Å²) in [6.45, 7) is 0.174. The van der Waals surface area contributed by atoms with Crippen LogP contribution in [0.25, 0.3) is 0 Å². The molecule has 0 aliphatic carbocycles. The zero-order chi connectivity index (χ0) is 8.10. The summed E-state index contributed by atoms with van der Waals surface area (Å²) in [5, 5.41) is 8.93. The Bertz CT molecular complexity index is 194. The number of hydrogen-bond donors (Lipinski definition) is 2. The molecule has 0 radical (unpaired) electrons. The monoisotopic (exact) mass is 168 g/mol. The van der Waals surface area contributed by atoms with Crippen molar-refractivity contribution in [1.29, 1.82) is 0 Å². The maximum atomic E-state index is 8.93. The smallest absolute Gasteiger partial charge is 0.0507 e. The number of thiol groups is 1. The molecule has 0 bridgehead atoms. The molecule has 0 saturated carbocycles. The third-order valence-electron chi connectivity index (χ3n) is 1.71. The Balaban J connectivity index is 2.74. The fraction of sp³-hybridized carbons (Fsp3) is 0.333. The minimum absolute atomic E-state index is 0.174. The Morgan fingerprint density at radius 3 is 2.36 bits per heavy atom. The third-order valence-corrected chi connectivity index (χ3v) is 2.15. The zero-order valence-electron chi connectivity index (χ0n) is 6.27. The predicted molar refractivity (Wildman–Crippen MR) is 50.1 cm³/mol. The number of aliphatic hydroxyl groups excluding tert-OH is 1. The Morgan fingerprint density at radius 1 is 1.27 bits per heavy atom. The topological polar surface area (TPSA) is 20.2 Å². The van der Waals surface area contributed by atoms with Crippen molar-refractivity contribution in [3.8, 4) is 0 Å². The van der Waals surface area contributed by atoms with Gasteiger partial charge in [-0.1, -0.05) is 30.3 Å². The summed E-state index contributed by atoms with van der Waals surface area (Å²) in [5.41, 5.74) is 1.16. The highest BCUT2D eigenvalue weighted by Crippen LogP contribution is 2.15. The maximum absolute atomic E-state index is 8.93. The Hall–Kier alpha value is -0.470. The van der Waals surface area contributed by atoms with Gasteiger partial charge in [0.15, 0.2) is 0 Å². The van der Waals surface area contributed by atoms with E-state index in [-0.39, 0.29) is 12.5 Å². The number of rotatable bonds is 3. The van der Waals surface area contributed by atoms with Gasteiger partial charge >= 0.3 is 0 Å². The Labute approximate surface area is 72.5 Å². The molecule has 11 heavy (non-hydrogen) atoms. The van der Waals surface area contributed by atoms with Crippen LogP contribution in [0.1, 0.15) is 11.5 Å². The third kappa shape index (κ3) is 2.24. The van der Waals surface area contributed by atoms with E-state index in [0.29, 0.717) is 5.75 Å². The van der Waals surface area contributed by atoms with E-state index in [1.165, 1.54) is 0 Å². The first kappa shape index (κ1) is 8.62. The molecule has 0 fully saturated rings. The lowest BCUT2D eigenvalue weighted by molar-refractivity contribution is 0.275. The van der Waals surface area contributed by atoms with Crippen LogP contribution in [0.4, 0.5) is 0 Å². The molecule has 0 amide bonds. The van der Waals surface area contributed by atoms with E-state index in [2.05, 4.69) is 12.6 Å². The second kappa shape index (κ2) is 4.42. The van der Waals surface area contributed by atoms with Gasteiger partial charge in [-0.15, -0.1) is 0 Å². The SMILES string of the molecule is OCC(CS)c1ccccc1. The van der Waals surface area contributed by atoms with Crippen molar-refractivity contribution in [1.82, 2.24) is 0 Å². The molecule has 1 aromatic carbocycles. The van der Waals surface area contributed by atoms with Gasteiger partial charge in [-0.05, 0) is 11.3 Å². The van der Waals surface area contributed by atoms with E-state index >= 15 is 0 Å². The van der Waals surface area contributed by atoms with Crippen molar-refractivity contribution in [3.05, 3.63) is 35.9 Å². The van der Waals surface area contributed by atoms with Gasteiger partial charge in [0.25, 0.3) is 0 Å². The van der Waals surface area contributed by atoms with E-state index in [4.69, 9.17) is 5.11 Å². The summed E-state index contributed by atoms with van der Waals surface area (Å²) in [6.07, 6.45) is 0. The molecule has 1 N–H and O–H groups in total. The summed E-state index contributed by atoms with van der Waals surface area (Å²) >= 11 is 4.15. The van der Waals surface area contributed by atoms with Crippen LogP contribution in [-0.2, 0) is 0 Å².